The van der Waals surface area contributed by atoms with Crippen molar-refractivity contribution in [2.75, 3.05) is 0 Å². The van der Waals surface area contributed by atoms with Gasteiger partial charge in [-0.15, -0.1) is 0 Å². The average Bonchev–Trinajstić information content (AvgIpc) is 2.92. The average molecular weight is 363 g/mol. The van der Waals surface area contributed by atoms with Crippen LogP contribution in [-0.2, 0) is 19.4 Å². The lowest BCUT2D eigenvalue weighted by Gasteiger charge is -2.12. The van der Waals surface area contributed by atoms with Crippen molar-refractivity contribution in [2.45, 2.75) is 25.9 Å². The molecule has 1 aliphatic rings. The van der Waals surface area contributed by atoms with Crippen LogP contribution in [0.3, 0.4) is 0 Å². The predicted molar refractivity (Wildman–Crippen MR) is 90.6 cm³/mol. The van der Waals surface area contributed by atoms with Crippen LogP contribution in [0, 0.1) is 0 Å². The van der Waals surface area contributed by atoms with E-state index in [1.165, 1.54) is 5.56 Å². The summed E-state index contributed by atoms with van der Waals surface area (Å²) in [5.74, 6) is 0.547. The van der Waals surface area contributed by atoms with Crippen molar-refractivity contribution in [3.05, 3.63) is 57.2 Å². The lowest BCUT2D eigenvalue weighted by atomic mass is 10.1. The summed E-state index contributed by atoms with van der Waals surface area (Å²) in [5, 5.41) is 0. The Morgan fingerprint density at radius 3 is 2.76 bits per heavy atom. The van der Waals surface area contributed by atoms with Crippen molar-refractivity contribution < 1.29 is 4.74 Å². The first-order valence-electron chi connectivity index (χ1n) is 6.83. The molecule has 5 heteroatoms. The summed E-state index contributed by atoms with van der Waals surface area (Å²) in [6.07, 6.45) is 3.18. The van der Waals surface area contributed by atoms with E-state index in [1.807, 2.05) is 30.3 Å². The third kappa shape index (κ3) is 3.24. The minimum Gasteiger partial charge on any atom is -0.472 e. The van der Waals surface area contributed by atoms with Gasteiger partial charge in [0.25, 0.3) is 0 Å². The zero-order valence-electron chi connectivity index (χ0n) is 11.4. The van der Waals surface area contributed by atoms with E-state index in [1.54, 1.807) is 0 Å². The molecule has 108 valence electrons. The molecule has 0 amide bonds. The third-order valence-electron chi connectivity index (χ3n) is 3.57. The van der Waals surface area contributed by atoms with Crippen LogP contribution in [-0.4, -0.2) is 9.97 Å². The topological polar surface area (TPSA) is 48.1 Å². The fraction of sp³-hybridized carbons (Fsp3) is 0.250. The van der Waals surface area contributed by atoms with Gasteiger partial charge in [0, 0.05) is 10.2 Å². The van der Waals surface area contributed by atoms with Gasteiger partial charge in [0.15, 0.2) is 0 Å². The van der Waals surface area contributed by atoms with E-state index in [-0.39, 0.29) is 0 Å². The summed E-state index contributed by atoms with van der Waals surface area (Å²) >= 11 is 8.54. The van der Waals surface area contributed by atoms with Crippen molar-refractivity contribution >= 4 is 33.1 Å². The number of ether oxygens (including phenoxy) is 1. The molecule has 0 fully saturated rings. The van der Waals surface area contributed by atoms with Crippen LogP contribution >= 0.6 is 28.1 Å². The number of aromatic nitrogens is 1. The summed E-state index contributed by atoms with van der Waals surface area (Å²) in [6.45, 7) is 0.453. The highest BCUT2D eigenvalue weighted by Gasteiger charge is 2.18. The first-order valence-corrected chi connectivity index (χ1v) is 8.03. The van der Waals surface area contributed by atoms with E-state index < -0.39 is 0 Å². The SMILES string of the molecule is NC(=S)c1cc2c(nc1OCc1ccc(Br)cc1)CCC2. The molecule has 1 aromatic heterocycles. The van der Waals surface area contributed by atoms with Crippen LogP contribution in [0.5, 0.6) is 5.88 Å². The van der Waals surface area contributed by atoms with Crippen LogP contribution in [0.4, 0.5) is 0 Å². The van der Waals surface area contributed by atoms with E-state index >= 15 is 0 Å². The monoisotopic (exact) mass is 362 g/mol. The molecule has 21 heavy (non-hydrogen) atoms. The number of nitrogens with two attached hydrogens (primary N) is 1. The van der Waals surface area contributed by atoms with E-state index in [0.29, 0.717) is 17.5 Å². The minimum absolute atomic E-state index is 0.336. The molecule has 0 saturated heterocycles. The van der Waals surface area contributed by atoms with Gasteiger partial charge in [-0.05, 0) is 48.6 Å². The van der Waals surface area contributed by atoms with Gasteiger partial charge in [0.05, 0.1) is 5.56 Å². The Bertz CT molecular complexity index is 685. The highest BCUT2D eigenvalue weighted by Crippen LogP contribution is 2.27. The molecule has 2 aromatic rings. The molecule has 2 N–H and O–H groups in total. The number of nitrogens with zero attached hydrogens (tertiary/aromatic N) is 1. The number of benzene rings is 1. The number of fused-ring (bicyclic) bond motifs is 1. The molecule has 0 spiro atoms. The maximum Gasteiger partial charge on any atom is 0.224 e. The smallest absolute Gasteiger partial charge is 0.224 e. The van der Waals surface area contributed by atoms with Gasteiger partial charge in [-0.3, -0.25) is 0 Å². The zero-order chi connectivity index (χ0) is 14.8. The standard InChI is InChI=1S/C16H15BrN2OS/c17-12-6-4-10(5-7-12)9-20-16-13(15(18)21)8-11-2-1-3-14(11)19-16/h4-8H,1-3,9H2,(H2,18,21). The van der Waals surface area contributed by atoms with Crippen LogP contribution < -0.4 is 10.5 Å². The summed E-state index contributed by atoms with van der Waals surface area (Å²) in [5.41, 5.74) is 9.98. The first-order chi connectivity index (χ1) is 10.1. The fourth-order valence-electron chi connectivity index (χ4n) is 2.47. The normalized spacial score (nSPS) is 13.0. The van der Waals surface area contributed by atoms with Gasteiger partial charge in [-0.2, -0.15) is 0 Å². The summed E-state index contributed by atoms with van der Waals surface area (Å²) in [7, 11) is 0. The minimum atomic E-state index is 0.336. The van der Waals surface area contributed by atoms with E-state index in [2.05, 4.69) is 20.9 Å². The summed E-state index contributed by atoms with van der Waals surface area (Å²) < 4.78 is 6.90. The molecule has 1 heterocycles. The molecule has 0 bridgehead atoms. The largest absolute Gasteiger partial charge is 0.472 e. The molecule has 0 aliphatic heterocycles. The number of hydrogen-bond donors (Lipinski definition) is 1. The second-order valence-electron chi connectivity index (χ2n) is 5.08. The Morgan fingerprint density at radius 1 is 1.29 bits per heavy atom. The molecule has 0 unspecified atom stereocenters. The Morgan fingerprint density at radius 2 is 2.05 bits per heavy atom. The lowest BCUT2D eigenvalue weighted by Crippen LogP contribution is -2.14. The van der Waals surface area contributed by atoms with Crippen molar-refractivity contribution in [3.63, 3.8) is 0 Å². The van der Waals surface area contributed by atoms with E-state index in [4.69, 9.17) is 22.7 Å². The van der Waals surface area contributed by atoms with Crippen LogP contribution in [0.2, 0.25) is 0 Å². The highest BCUT2D eigenvalue weighted by molar-refractivity contribution is 9.10. The molecule has 0 radical (unpaired) electrons. The van der Waals surface area contributed by atoms with E-state index in [9.17, 15) is 0 Å². The summed E-state index contributed by atoms with van der Waals surface area (Å²) in [4.78, 5) is 4.94. The predicted octanol–water partition coefficient (Wildman–Crippen LogP) is 3.55. The Hall–Kier alpha value is -1.46. The highest BCUT2D eigenvalue weighted by atomic mass is 79.9. The quantitative estimate of drug-likeness (QED) is 0.844. The van der Waals surface area contributed by atoms with Gasteiger partial charge in [-0.1, -0.05) is 40.3 Å². The number of halogens is 1. The molecule has 0 atom stereocenters. The Balaban J connectivity index is 1.84. The molecular weight excluding hydrogens is 348 g/mol. The zero-order valence-corrected chi connectivity index (χ0v) is 13.8. The number of hydrogen-bond acceptors (Lipinski definition) is 3. The van der Waals surface area contributed by atoms with Crippen LogP contribution in [0.25, 0.3) is 0 Å². The second kappa shape index (κ2) is 6.12. The Labute approximate surface area is 137 Å². The van der Waals surface area contributed by atoms with Gasteiger partial charge >= 0.3 is 0 Å². The van der Waals surface area contributed by atoms with Gasteiger partial charge in [0.2, 0.25) is 5.88 Å². The number of rotatable bonds is 4. The molecule has 3 rings (SSSR count). The second-order valence-corrected chi connectivity index (χ2v) is 6.44. The molecular formula is C16H15BrN2OS. The van der Waals surface area contributed by atoms with Gasteiger partial charge < -0.3 is 10.5 Å². The van der Waals surface area contributed by atoms with Crippen LogP contribution in [0.15, 0.2) is 34.8 Å². The molecule has 1 aliphatic carbocycles. The number of thiocarbonyl (C=S) groups is 1. The van der Waals surface area contributed by atoms with Crippen molar-refractivity contribution in [1.82, 2.24) is 4.98 Å². The molecule has 0 saturated carbocycles. The number of pyridine rings is 1. The molecule has 1 aromatic carbocycles. The molecule has 3 nitrogen and oxygen atoms in total. The van der Waals surface area contributed by atoms with Crippen molar-refractivity contribution in [2.24, 2.45) is 5.73 Å². The first kappa shape index (κ1) is 14.5. The van der Waals surface area contributed by atoms with Crippen LogP contribution in [0.1, 0.15) is 28.8 Å². The third-order valence-corrected chi connectivity index (χ3v) is 4.32. The van der Waals surface area contributed by atoms with E-state index in [0.717, 1.165) is 40.6 Å². The maximum atomic E-state index is 5.86. The lowest BCUT2D eigenvalue weighted by molar-refractivity contribution is 0.292. The van der Waals surface area contributed by atoms with Gasteiger partial charge in [-0.25, -0.2) is 4.98 Å². The maximum absolute atomic E-state index is 5.86. The van der Waals surface area contributed by atoms with Gasteiger partial charge in [0.1, 0.15) is 11.6 Å². The van der Waals surface area contributed by atoms with Crippen molar-refractivity contribution in [3.8, 4) is 5.88 Å². The fourth-order valence-corrected chi connectivity index (χ4v) is 2.88. The van der Waals surface area contributed by atoms with Crippen molar-refractivity contribution in [1.29, 1.82) is 0 Å². The number of aryl methyl sites for hydroxylation is 2. The Kier molecular flexibility index (Phi) is 4.22. The summed E-state index contributed by atoms with van der Waals surface area (Å²) in [6, 6.07) is 10.0.